The molecule has 0 bridgehead atoms. The van der Waals surface area contributed by atoms with E-state index in [0.29, 0.717) is 19.4 Å². The molecular formula is C17H18O3. The van der Waals surface area contributed by atoms with Crippen molar-refractivity contribution in [1.29, 1.82) is 0 Å². The van der Waals surface area contributed by atoms with Crippen LogP contribution in [0.4, 0.5) is 0 Å². The molecule has 0 aromatic heterocycles. The van der Waals surface area contributed by atoms with Crippen LogP contribution in [0.2, 0.25) is 0 Å². The van der Waals surface area contributed by atoms with Gasteiger partial charge in [0.15, 0.2) is 5.78 Å². The number of rotatable bonds is 5. The summed E-state index contributed by atoms with van der Waals surface area (Å²) in [7, 11) is 0. The van der Waals surface area contributed by atoms with Gasteiger partial charge in [-0.25, -0.2) is 0 Å². The number of carbonyl (C=O) groups excluding carboxylic acids is 2. The normalized spacial score (nSPS) is 14.6. The zero-order valence-corrected chi connectivity index (χ0v) is 11.6. The van der Waals surface area contributed by atoms with Gasteiger partial charge in [-0.15, -0.1) is 0 Å². The lowest BCUT2D eigenvalue weighted by Crippen LogP contribution is -2.10. The Hall–Kier alpha value is -2.16. The number of Topliss-reactive ketones (excluding diaryl/α,β-unsaturated/α-hetero) is 1. The van der Waals surface area contributed by atoms with Gasteiger partial charge in [0.05, 0.1) is 6.61 Å². The Bertz CT molecular complexity index is 553. The fourth-order valence-electron chi connectivity index (χ4n) is 2.24. The number of ketones is 1. The zero-order chi connectivity index (χ0) is 14.4. The van der Waals surface area contributed by atoms with E-state index in [1.807, 2.05) is 42.5 Å². The SMILES string of the molecule is CC(=O)OCCCC1=CCC=C(c2ccccc2)C1=O. The Morgan fingerprint density at radius 2 is 1.95 bits per heavy atom. The van der Waals surface area contributed by atoms with E-state index in [4.69, 9.17) is 4.74 Å². The third-order valence-corrected chi connectivity index (χ3v) is 3.20. The highest BCUT2D eigenvalue weighted by Crippen LogP contribution is 2.26. The molecule has 0 saturated carbocycles. The highest BCUT2D eigenvalue weighted by atomic mass is 16.5. The van der Waals surface area contributed by atoms with Crippen LogP contribution in [0, 0.1) is 0 Å². The van der Waals surface area contributed by atoms with Crippen LogP contribution in [0.3, 0.4) is 0 Å². The first-order chi connectivity index (χ1) is 9.68. The second kappa shape index (κ2) is 6.85. The van der Waals surface area contributed by atoms with Crippen molar-refractivity contribution in [3.05, 3.63) is 53.6 Å². The predicted octanol–water partition coefficient (Wildman–Crippen LogP) is 3.31. The number of ether oxygens (including phenoxy) is 1. The van der Waals surface area contributed by atoms with E-state index in [9.17, 15) is 9.59 Å². The van der Waals surface area contributed by atoms with Crippen LogP contribution in [0.25, 0.3) is 5.57 Å². The Kier molecular flexibility index (Phi) is 4.88. The molecule has 1 aliphatic rings. The molecule has 104 valence electrons. The van der Waals surface area contributed by atoms with Crippen molar-refractivity contribution in [1.82, 2.24) is 0 Å². The first kappa shape index (κ1) is 14.3. The average Bonchev–Trinajstić information content (AvgIpc) is 2.46. The van der Waals surface area contributed by atoms with Gasteiger partial charge in [-0.05, 0) is 30.4 Å². The van der Waals surface area contributed by atoms with E-state index < -0.39 is 0 Å². The van der Waals surface area contributed by atoms with Crippen molar-refractivity contribution in [2.24, 2.45) is 0 Å². The average molecular weight is 270 g/mol. The summed E-state index contributed by atoms with van der Waals surface area (Å²) >= 11 is 0. The maximum Gasteiger partial charge on any atom is 0.302 e. The van der Waals surface area contributed by atoms with Gasteiger partial charge < -0.3 is 4.74 Å². The molecule has 2 rings (SSSR count). The molecule has 20 heavy (non-hydrogen) atoms. The molecule has 0 amide bonds. The number of benzene rings is 1. The maximum absolute atomic E-state index is 12.4. The van der Waals surface area contributed by atoms with E-state index in [1.54, 1.807) is 0 Å². The Morgan fingerprint density at radius 3 is 2.65 bits per heavy atom. The largest absolute Gasteiger partial charge is 0.466 e. The second-order valence-corrected chi connectivity index (χ2v) is 4.72. The third-order valence-electron chi connectivity index (χ3n) is 3.20. The molecule has 3 nitrogen and oxygen atoms in total. The van der Waals surface area contributed by atoms with Gasteiger partial charge in [0.25, 0.3) is 0 Å². The van der Waals surface area contributed by atoms with Gasteiger partial charge >= 0.3 is 5.97 Å². The fraction of sp³-hybridized carbons (Fsp3) is 0.294. The molecule has 0 saturated heterocycles. The van der Waals surface area contributed by atoms with Crippen molar-refractivity contribution in [3.63, 3.8) is 0 Å². The molecule has 0 heterocycles. The van der Waals surface area contributed by atoms with Crippen LogP contribution in [0.5, 0.6) is 0 Å². The van der Waals surface area contributed by atoms with Crippen molar-refractivity contribution in [3.8, 4) is 0 Å². The quantitative estimate of drug-likeness (QED) is 0.609. The second-order valence-electron chi connectivity index (χ2n) is 4.72. The molecule has 3 heteroatoms. The number of hydrogen-bond acceptors (Lipinski definition) is 3. The Morgan fingerprint density at radius 1 is 1.20 bits per heavy atom. The molecule has 0 aliphatic heterocycles. The smallest absolute Gasteiger partial charge is 0.302 e. The molecule has 1 aliphatic carbocycles. The number of esters is 1. The Balaban J connectivity index is 1.95. The number of carbonyl (C=O) groups is 2. The standard InChI is InChI=1S/C17H18O3/c1-13(18)20-12-6-10-15-9-5-11-16(17(15)19)14-7-3-2-4-8-14/h2-4,7-9,11H,5-6,10,12H2,1H3. The molecule has 0 radical (unpaired) electrons. The highest BCUT2D eigenvalue weighted by molar-refractivity contribution is 6.29. The van der Waals surface area contributed by atoms with Gasteiger partial charge in [0, 0.05) is 12.5 Å². The van der Waals surface area contributed by atoms with E-state index in [0.717, 1.165) is 23.1 Å². The van der Waals surface area contributed by atoms with E-state index in [-0.39, 0.29) is 11.8 Å². The summed E-state index contributed by atoms with van der Waals surface area (Å²) < 4.78 is 4.89. The number of allylic oxidation sites excluding steroid dienone is 4. The lowest BCUT2D eigenvalue weighted by atomic mass is 9.89. The summed E-state index contributed by atoms with van der Waals surface area (Å²) in [5.41, 5.74) is 2.55. The zero-order valence-electron chi connectivity index (χ0n) is 11.6. The van der Waals surface area contributed by atoms with Crippen molar-refractivity contribution in [2.75, 3.05) is 6.61 Å². The maximum atomic E-state index is 12.4. The summed E-state index contributed by atoms with van der Waals surface area (Å²) in [6.45, 7) is 1.76. The highest BCUT2D eigenvalue weighted by Gasteiger charge is 2.18. The van der Waals surface area contributed by atoms with E-state index >= 15 is 0 Å². The lowest BCUT2D eigenvalue weighted by Gasteiger charge is -2.14. The molecule has 1 aromatic rings. The number of hydrogen-bond donors (Lipinski definition) is 0. The van der Waals surface area contributed by atoms with Gasteiger partial charge in [0.1, 0.15) is 0 Å². The van der Waals surface area contributed by atoms with Crippen molar-refractivity contribution >= 4 is 17.3 Å². The molecule has 0 unspecified atom stereocenters. The molecular weight excluding hydrogens is 252 g/mol. The van der Waals surface area contributed by atoms with E-state index in [1.165, 1.54) is 6.92 Å². The minimum atomic E-state index is -0.279. The summed E-state index contributed by atoms with van der Waals surface area (Å²) in [4.78, 5) is 23.1. The van der Waals surface area contributed by atoms with Crippen LogP contribution in [-0.4, -0.2) is 18.4 Å². The molecule has 0 spiro atoms. The van der Waals surface area contributed by atoms with Crippen LogP contribution >= 0.6 is 0 Å². The van der Waals surface area contributed by atoms with Gasteiger partial charge in [0.2, 0.25) is 0 Å². The predicted molar refractivity (Wildman–Crippen MR) is 78.0 cm³/mol. The molecule has 0 N–H and O–H groups in total. The van der Waals surface area contributed by atoms with Crippen LogP contribution in [0.1, 0.15) is 31.7 Å². The molecule has 1 aromatic carbocycles. The topological polar surface area (TPSA) is 43.4 Å². The molecule has 0 fully saturated rings. The minimum absolute atomic E-state index is 0.0882. The fourth-order valence-corrected chi connectivity index (χ4v) is 2.24. The van der Waals surface area contributed by atoms with Crippen molar-refractivity contribution in [2.45, 2.75) is 26.2 Å². The Labute approximate surface area is 118 Å². The van der Waals surface area contributed by atoms with Gasteiger partial charge in [-0.2, -0.15) is 0 Å². The summed E-state index contributed by atoms with van der Waals surface area (Å²) in [6.07, 6.45) is 6.03. The first-order valence-corrected chi connectivity index (χ1v) is 6.81. The molecule has 0 atom stereocenters. The lowest BCUT2D eigenvalue weighted by molar-refractivity contribution is -0.141. The third kappa shape index (κ3) is 3.67. The minimum Gasteiger partial charge on any atom is -0.466 e. The van der Waals surface area contributed by atoms with Gasteiger partial charge in [-0.1, -0.05) is 42.5 Å². The van der Waals surface area contributed by atoms with Crippen molar-refractivity contribution < 1.29 is 14.3 Å². The van der Waals surface area contributed by atoms with E-state index in [2.05, 4.69) is 0 Å². The van der Waals surface area contributed by atoms with Crippen LogP contribution in [0.15, 0.2) is 48.1 Å². The first-order valence-electron chi connectivity index (χ1n) is 6.81. The van der Waals surface area contributed by atoms with Gasteiger partial charge in [-0.3, -0.25) is 9.59 Å². The van der Waals surface area contributed by atoms with Crippen LogP contribution in [-0.2, 0) is 14.3 Å². The summed E-state index contributed by atoms with van der Waals surface area (Å²) in [6, 6.07) is 9.70. The monoisotopic (exact) mass is 270 g/mol. The summed E-state index contributed by atoms with van der Waals surface area (Å²) in [5.74, 6) is -0.191. The van der Waals surface area contributed by atoms with Crippen LogP contribution < -0.4 is 0 Å². The summed E-state index contributed by atoms with van der Waals surface area (Å²) in [5, 5.41) is 0.